The molecular formula is C10H19NO2. The number of hydrogen-bond donors (Lipinski definition) is 1. The van der Waals surface area contributed by atoms with Gasteiger partial charge in [-0.25, -0.2) is 0 Å². The van der Waals surface area contributed by atoms with Gasteiger partial charge in [0.05, 0.1) is 6.04 Å². The topological polar surface area (TPSA) is 46.2 Å². The average Bonchev–Trinajstić information content (AvgIpc) is 2.05. The second-order valence-corrected chi connectivity index (χ2v) is 3.34. The van der Waals surface area contributed by atoms with Gasteiger partial charge in [-0.05, 0) is 19.8 Å². The minimum atomic E-state index is -0.345. The van der Waals surface area contributed by atoms with Gasteiger partial charge in [0.15, 0.2) is 5.78 Å². The van der Waals surface area contributed by atoms with Gasteiger partial charge >= 0.3 is 0 Å². The Morgan fingerprint density at radius 3 is 2.00 bits per heavy atom. The van der Waals surface area contributed by atoms with Gasteiger partial charge in [0.25, 0.3) is 0 Å². The normalized spacial score (nSPS) is 12.7. The molecule has 0 unspecified atom stereocenters. The van der Waals surface area contributed by atoms with E-state index >= 15 is 0 Å². The zero-order chi connectivity index (χ0) is 10.4. The highest BCUT2D eigenvalue weighted by Crippen LogP contribution is 2.10. The predicted octanol–water partition coefficient (Wildman–Crippen LogP) is 1.52. The molecule has 1 N–H and O–H groups in total. The van der Waals surface area contributed by atoms with E-state index in [0.717, 1.165) is 12.8 Å². The third-order valence-corrected chi connectivity index (χ3v) is 2.23. The smallest absolute Gasteiger partial charge is 0.217 e. The van der Waals surface area contributed by atoms with E-state index in [9.17, 15) is 9.59 Å². The van der Waals surface area contributed by atoms with Gasteiger partial charge in [0, 0.05) is 12.8 Å². The van der Waals surface area contributed by atoms with Crippen LogP contribution in [0.4, 0.5) is 0 Å². The van der Waals surface area contributed by atoms with Crippen molar-refractivity contribution in [2.75, 3.05) is 0 Å². The molecule has 76 valence electrons. The van der Waals surface area contributed by atoms with Crippen LogP contribution in [-0.2, 0) is 9.59 Å². The fourth-order valence-electron chi connectivity index (χ4n) is 1.42. The lowest BCUT2D eigenvalue weighted by atomic mass is 9.94. The van der Waals surface area contributed by atoms with Crippen molar-refractivity contribution >= 4 is 11.7 Å². The first-order chi connectivity index (χ1) is 6.02. The van der Waals surface area contributed by atoms with Crippen molar-refractivity contribution in [3.8, 4) is 0 Å². The molecule has 0 aliphatic rings. The molecule has 0 aromatic rings. The minimum absolute atomic E-state index is 0.0850. The van der Waals surface area contributed by atoms with Crippen molar-refractivity contribution in [3.05, 3.63) is 0 Å². The number of amides is 1. The Kier molecular flexibility index (Phi) is 5.35. The van der Waals surface area contributed by atoms with E-state index in [1.54, 1.807) is 6.92 Å². The molecule has 1 amide bonds. The van der Waals surface area contributed by atoms with E-state index in [1.165, 1.54) is 6.92 Å². The molecule has 1 atom stereocenters. The number of carbonyl (C=O) groups excluding carboxylic acids is 2. The summed E-state index contributed by atoms with van der Waals surface area (Å²) in [5.74, 6) is 0.0776. The summed E-state index contributed by atoms with van der Waals surface area (Å²) in [5.41, 5.74) is 0. The quantitative estimate of drug-likeness (QED) is 0.705. The molecule has 13 heavy (non-hydrogen) atoms. The SMILES string of the molecule is CCC(CC)C(=O)[C@@H](C)NC(C)=O. The fraction of sp³-hybridized carbons (Fsp3) is 0.800. The molecule has 0 spiro atoms. The van der Waals surface area contributed by atoms with Gasteiger partial charge in [-0.15, -0.1) is 0 Å². The van der Waals surface area contributed by atoms with Crippen LogP contribution in [0.1, 0.15) is 40.5 Å². The summed E-state index contributed by atoms with van der Waals surface area (Å²) in [5, 5.41) is 2.60. The van der Waals surface area contributed by atoms with Crippen molar-refractivity contribution in [2.24, 2.45) is 5.92 Å². The molecule has 0 aliphatic carbocycles. The van der Waals surface area contributed by atoms with Crippen LogP contribution < -0.4 is 5.32 Å². The number of hydrogen-bond acceptors (Lipinski definition) is 2. The van der Waals surface area contributed by atoms with E-state index in [2.05, 4.69) is 5.32 Å². The summed E-state index contributed by atoms with van der Waals surface area (Å²) in [6.45, 7) is 7.15. The van der Waals surface area contributed by atoms with E-state index in [-0.39, 0.29) is 23.7 Å². The van der Waals surface area contributed by atoms with Crippen molar-refractivity contribution in [1.82, 2.24) is 5.32 Å². The first-order valence-corrected chi connectivity index (χ1v) is 4.83. The van der Waals surface area contributed by atoms with Gasteiger partial charge in [0.1, 0.15) is 0 Å². The van der Waals surface area contributed by atoms with Crippen LogP contribution in [0.25, 0.3) is 0 Å². The van der Waals surface area contributed by atoms with Crippen LogP contribution in [0, 0.1) is 5.92 Å². The van der Waals surface area contributed by atoms with Gasteiger partial charge in [-0.1, -0.05) is 13.8 Å². The summed E-state index contributed by atoms with van der Waals surface area (Å²) in [7, 11) is 0. The van der Waals surface area contributed by atoms with Gasteiger partial charge in [-0.2, -0.15) is 0 Å². The molecule has 0 aromatic carbocycles. The Morgan fingerprint density at radius 1 is 1.23 bits per heavy atom. The first kappa shape index (κ1) is 12.1. The lowest BCUT2D eigenvalue weighted by Crippen LogP contribution is -2.40. The lowest BCUT2D eigenvalue weighted by molar-refractivity contribution is -0.128. The Hall–Kier alpha value is -0.860. The zero-order valence-corrected chi connectivity index (χ0v) is 8.89. The standard InChI is InChI=1S/C10H19NO2/c1-5-9(6-2)10(13)7(3)11-8(4)12/h7,9H,5-6H2,1-4H3,(H,11,12)/t7-/m1/s1. The summed E-state index contributed by atoms with van der Waals surface area (Å²) in [4.78, 5) is 22.3. The molecule has 0 radical (unpaired) electrons. The molecule has 3 heteroatoms. The number of rotatable bonds is 5. The molecule has 0 rings (SSSR count). The van der Waals surface area contributed by atoms with Crippen molar-refractivity contribution in [1.29, 1.82) is 0 Å². The Morgan fingerprint density at radius 2 is 1.69 bits per heavy atom. The molecule has 0 bridgehead atoms. The summed E-state index contributed by atoms with van der Waals surface area (Å²) in [6.07, 6.45) is 1.69. The maximum absolute atomic E-state index is 11.6. The number of ketones is 1. The second kappa shape index (κ2) is 5.73. The van der Waals surface area contributed by atoms with E-state index in [1.807, 2.05) is 13.8 Å². The van der Waals surface area contributed by atoms with E-state index < -0.39 is 0 Å². The molecule has 0 heterocycles. The Balaban J connectivity index is 4.14. The number of nitrogens with one attached hydrogen (secondary N) is 1. The zero-order valence-electron chi connectivity index (χ0n) is 8.89. The summed E-state index contributed by atoms with van der Waals surface area (Å²) in [6, 6.07) is -0.345. The van der Waals surface area contributed by atoms with Gasteiger partial charge < -0.3 is 5.32 Å². The summed E-state index contributed by atoms with van der Waals surface area (Å²) >= 11 is 0. The van der Waals surface area contributed by atoms with Crippen molar-refractivity contribution in [2.45, 2.75) is 46.6 Å². The maximum atomic E-state index is 11.6. The highest BCUT2D eigenvalue weighted by atomic mass is 16.2. The highest BCUT2D eigenvalue weighted by Gasteiger charge is 2.20. The molecule has 0 aromatic heterocycles. The fourth-order valence-corrected chi connectivity index (χ4v) is 1.42. The highest BCUT2D eigenvalue weighted by molar-refractivity contribution is 5.89. The number of Topliss-reactive ketones (excluding diaryl/α,β-unsaturated/α-hetero) is 1. The van der Waals surface area contributed by atoms with Crippen LogP contribution >= 0.6 is 0 Å². The van der Waals surface area contributed by atoms with Gasteiger partial charge in [0.2, 0.25) is 5.91 Å². The molecular weight excluding hydrogens is 166 g/mol. The molecule has 0 saturated heterocycles. The van der Waals surface area contributed by atoms with Crippen molar-refractivity contribution < 1.29 is 9.59 Å². The van der Waals surface area contributed by atoms with Crippen LogP contribution in [0.2, 0.25) is 0 Å². The Bertz CT molecular complexity index is 185. The van der Waals surface area contributed by atoms with Crippen LogP contribution in [0.3, 0.4) is 0 Å². The monoisotopic (exact) mass is 185 g/mol. The third-order valence-electron chi connectivity index (χ3n) is 2.23. The van der Waals surface area contributed by atoms with Crippen LogP contribution in [0.5, 0.6) is 0 Å². The first-order valence-electron chi connectivity index (χ1n) is 4.83. The third kappa shape index (κ3) is 4.06. The van der Waals surface area contributed by atoms with Crippen LogP contribution in [-0.4, -0.2) is 17.7 Å². The largest absolute Gasteiger partial charge is 0.347 e. The number of carbonyl (C=O) groups is 2. The van der Waals surface area contributed by atoms with E-state index in [4.69, 9.17) is 0 Å². The van der Waals surface area contributed by atoms with Crippen LogP contribution in [0.15, 0.2) is 0 Å². The summed E-state index contributed by atoms with van der Waals surface area (Å²) < 4.78 is 0. The van der Waals surface area contributed by atoms with Crippen molar-refractivity contribution in [3.63, 3.8) is 0 Å². The minimum Gasteiger partial charge on any atom is -0.347 e. The lowest BCUT2D eigenvalue weighted by Gasteiger charge is -2.17. The average molecular weight is 185 g/mol. The molecule has 0 aliphatic heterocycles. The molecule has 0 saturated carbocycles. The second-order valence-electron chi connectivity index (χ2n) is 3.34. The van der Waals surface area contributed by atoms with Gasteiger partial charge in [-0.3, -0.25) is 9.59 Å². The predicted molar refractivity (Wildman–Crippen MR) is 52.4 cm³/mol. The molecule has 0 fully saturated rings. The maximum Gasteiger partial charge on any atom is 0.217 e. The Labute approximate surface area is 79.9 Å². The molecule has 3 nitrogen and oxygen atoms in total. The van der Waals surface area contributed by atoms with E-state index in [0.29, 0.717) is 0 Å².